The molecule has 1 aliphatic rings. The molecule has 25 heavy (non-hydrogen) atoms. The van der Waals surface area contributed by atoms with Gasteiger partial charge in [0.15, 0.2) is 0 Å². The van der Waals surface area contributed by atoms with E-state index in [1.807, 2.05) is 19.1 Å². The Morgan fingerprint density at radius 3 is 2.52 bits per heavy atom. The number of anilines is 1. The van der Waals surface area contributed by atoms with Gasteiger partial charge in [-0.15, -0.1) is 0 Å². The van der Waals surface area contributed by atoms with Gasteiger partial charge in [0, 0.05) is 11.6 Å². The molecule has 0 atom stereocenters. The van der Waals surface area contributed by atoms with Crippen LogP contribution in [0.5, 0.6) is 5.75 Å². The topological polar surface area (TPSA) is 84.5 Å². The van der Waals surface area contributed by atoms with Crippen molar-refractivity contribution in [1.82, 2.24) is 4.72 Å². The molecule has 2 aromatic carbocycles. The highest BCUT2D eigenvalue weighted by Gasteiger charge is 2.28. The first-order valence-electron chi connectivity index (χ1n) is 7.98. The van der Waals surface area contributed by atoms with E-state index >= 15 is 0 Å². The molecular weight excluding hydrogens is 340 g/mol. The molecule has 2 N–H and O–H groups in total. The van der Waals surface area contributed by atoms with Crippen LogP contribution >= 0.6 is 0 Å². The SMILES string of the molecule is COc1ccc(S(=O)(=O)NC2CC2)cc1NC(=O)c1ccccc1C. The Labute approximate surface area is 147 Å². The lowest BCUT2D eigenvalue weighted by Crippen LogP contribution is -2.26. The highest BCUT2D eigenvalue weighted by Crippen LogP contribution is 2.29. The van der Waals surface area contributed by atoms with E-state index in [0.29, 0.717) is 17.0 Å². The zero-order valence-corrected chi connectivity index (χ0v) is 14.9. The first-order valence-corrected chi connectivity index (χ1v) is 9.46. The summed E-state index contributed by atoms with van der Waals surface area (Å²) in [6.45, 7) is 1.84. The molecule has 3 rings (SSSR count). The van der Waals surface area contributed by atoms with Gasteiger partial charge in [-0.2, -0.15) is 0 Å². The number of carbonyl (C=O) groups is 1. The second-order valence-corrected chi connectivity index (χ2v) is 7.74. The van der Waals surface area contributed by atoms with Crippen LogP contribution in [0.25, 0.3) is 0 Å². The molecule has 2 aromatic rings. The van der Waals surface area contributed by atoms with Crippen LogP contribution in [0.4, 0.5) is 5.69 Å². The van der Waals surface area contributed by atoms with Crippen molar-refractivity contribution in [2.24, 2.45) is 0 Å². The lowest BCUT2D eigenvalue weighted by Gasteiger charge is -2.13. The fourth-order valence-electron chi connectivity index (χ4n) is 2.46. The number of ether oxygens (including phenoxy) is 1. The number of rotatable bonds is 6. The van der Waals surface area contributed by atoms with Crippen molar-refractivity contribution < 1.29 is 17.9 Å². The molecule has 1 fully saturated rings. The Balaban J connectivity index is 1.90. The predicted octanol–water partition coefficient (Wildman–Crippen LogP) is 2.70. The monoisotopic (exact) mass is 360 g/mol. The van der Waals surface area contributed by atoms with Crippen molar-refractivity contribution >= 4 is 21.6 Å². The van der Waals surface area contributed by atoms with E-state index in [-0.39, 0.29) is 16.8 Å². The lowest BCUT2D eigenvalue weighted by molar-refractivity contribution is 0.102. The van der Waals surface area contributed by atoms with E-state index in [9.17, 15) is 13.2 Å². The fourth-order valence-corrected chi connectivity index (χ4v) is 3.79. The Morgan fingerprint density at radius 2 is 1.88 bits per heavy atom. The molecule has 0 saturated heterocycles. The molecule has 1 saturated carbocycles. The first-order chi connectivity index (χ1) is 11.9. The number of amides is 1. The van der Waals surface area contributed by atoms with Gasteiger partial charge in [0.2, 0.25) is 10.0 Å². The number of methoxy groups -OCH3 is 1. The quantitative estimate of drug-likeness (QED) is 0.829. The van der Waals surface area contributed by atoms with E-state index in [2.05, 4.69) is 10.0 Å². The number of nitrogens with one attached hydrogen (secondary N) is 2. The van der Waals surface area contributed by atoms with Gasteiger partial charge in [-0.1, -0.05) is 18.2 Å². The molecule has 0 radical (unpaired) electrons. The summed E-state index contributed by atoms with van der Waals surface area (Å²) in [6.07, 6.45) is 1.71. The highest BCUT2D eigenvalue weighted by atomic mass is 32.2. The summed E-state index contributed by atoms with van der Waals surface area (Å²) in [5, 5.41) is 2.74. The predicted molar refractivity (Wildman–Crippen MR) is 95.5 cm³/mol. The van der Waals surface area contributed by atoms with Crippen LogP contribution in [0, 0.1) is 6.92 Å². The van der Waals surface area contributed by atoms with Gasteiger partial charge in [0.25, 0.3) is 5.91 Å². The second kappa shape index (κ2) is 6.85. The summed E-state index contributed by atoms with van der Waals surface area (Å²) in [6, 6.07) is 11.6. The normalized spacial score (nSPS) is 14.2. The van der Waals surface area contributed by atoms with Gasteiger partial charge in [-0.05, 0) is 49.6 Å². The molecule has 132 valence electrons. The summed E-state index contributed by atoms with van der Waals surface area (Å²) < 4.78 is 32.6. The largest absolute Gasteiger partial charge is 0.495 e. The fraction of sp³-hybridized carbons (Fsp3) is 0.278. The van der Waals surface area contributed by atoms with Crippen LogP contribution in [-0.4, -0.2) is 27.5 Å². The molecule has 1 aliphatic carbocycles. The third kappa shape index (κ3) is 4.00. The summed E-state index contributed by atoms with van der Waals surface area (Å²) in [5.41, 5.74) is 1.67. The summed E-state index contributed by atoms with van der Waals surface area (Å²) >= 11 is 0. The maximum Gasteiger partial charge on any atom is 0.256 e. The zero-order valence-electron chi connectivity index (χ0n) is 14.1. The Bertz CT molecular complexity index is 905. The van der Waals surface area contributed by atoms with E-state index < -0.39 is 10.0 Å². The van der Waals surface area contributed by atoms with Gasteiger partial charge in [0.1, 0.15) is 5.75 Å². The van der Waals surface area contributed by atoms with E-state index in [1.54, 1.807) is 12.1 Å². The molecule has 0 heterocycles. The molecule has 7 heteroatoms. The van der Waals surface area contributed by atoms with Crippen molar-refractivity contribution in [3.63, 3.8) is 0 Å². The molecular formula is C18H20N2O4S. The Morgan fingerprint density at radius 1 is 1.16 bits per heavy atom. The summed E-state index contributed by atoms with van der Waals surface area (Å²) in [7, 11) is -2.14. The average molecular weight is 360 g/mol. The molecule has 0 aromatic heterocycles. The highest BCUT2D eigenvalue weighted by molar-refractivity contribution is 7.89. The van der Waals surface area contributed by atoms with E-state index in [1.165, 1.54) is 25.3 Å². The zero-order chi connectivity index (χ0) is 18.0. The number of benzene rings is 2. The Hall–Kier alpha value is -2.38. The summed E-state index contributed by atoms with van der Waals surface area (Å²) in [4.78, 5) is 12.6. The van der Waals surface area contributed by atoms with Gasteiger partial charge in [-0.25, -0.2) is 13.1 Å². The van der Waals surface area contributed by atoms with Crippen molar-refractivity contribution in [3.05, 3.63) is 53.6 Å². The number of aryl methyl sites for hydroxylation is 1. The Kier molecular flexibility index (Phi) is 4.78. The minimum atomic E-state index is -3.61. The lowest BCUT2D eigenvalue weighted by atomic mass is 10.1. The van der Waals surface area contributed by atoms with Crippen molar-refractivity contribution in [2.75, 3.05) is 12.4 Å². The third-order valence-electron chi connectivity index (χ3n) is 4.02. The maximum atomic E-state index is 12.5. The standard InChI is InChI=1S/C18H20N2O4S/c1-12-5-3-4-6-15(12)18(21)19-16-11-14(9-10-17(16)24-2)25(22,23)20-13-7-8-13/h3-6,9-11,13,20H,7-8H2,1-2H3,(H,19,21). The summed E-state index contributed by atoms with van der Waals surface area (Å²) in [5.74, 6) is 0.0772. The van der Waals surface area contributed by atoms with Crippen molar-refractivity contribution in [2.45, 2.75) is 30.7 Å². The van der Waals surface area contributed by atoms with Crippen LogP contribution in [0.2, 0.25) is 0 Å². The number of carbonyl (C=O) groups excluding carboxylic acids is 1. The van der Waals surface area contributed by atoms with Gasteiger partial charge in [0.05, 0.1) is 17.7 Å². The smallest absolute Gasteiger partial charge is 0.256 e. The van der Waals surface area contributed by atoms with E-state index in [4.69, 9.17) is 4.74 Å². The van der Waals surface area contributed by atoms with E-state index in [0.717, 1.165) is 18.4 Å². The van der Waals surface area contributed by atoms with Gasteiger partial charge in [-0.3, -0.25) is 4.79 Å². The van der Waals surface area contributed by atoms with Gasteiger partial charge < -0.3 is 10.1 Å². The van der Waals surface area contributed by atoms with Crippen LogP contribution in [-0.2, 0) is 10.0 Å². The molecule has 0 spiro atoms. The molecule has 6 nitrogen and oxygen atoms in total. The van der Waals surface area contributed by atoms with Crippen LogP contribution in [0.15, 0.2) is 47.4 Å². The van der Waals surface area contributed by atoms with Crippen LogP contribution < -0.4 is 14.8 Å². The average Bonchev–Trinajstić information content (AvgIpc) is 3.38. The van der Waals surface area contributed by atoms with Crippen molar-refractivity contribution in [1.29, 1.82) is 0 Å². The number of sulfonamides is 1. The van der Waals surface area contributed by atoms with Gasteiger partial charge >= 0.3 is 0 Å². The molecule has 0 aliphatic heterocycles. The first kappa shape index (κ1) is 17.4. The maximum absolute atomic E-state index is 12.5. The van der Waals surface area contributed by atoms with Crippen LogP contribution in [0.1, 0.15) is 28.8 Å². The van der Waals surface area contributed by atoms with Crippen LogP contribution in [0.3, 0.4) is 0 Å². The molecule has 0 unspecified atom stereocenters. The minimum Gasteiger partial charge on any atom is -0.495 e. The third-order valence-corrected chi connectivity index (χ3v) is 5.54. The number of hydrogen-bond donors (Lipinski definition) is 2. The number of hydrogen-bond acceptors (Lipinski definition) is 4. The molecule has 1 amide bonds. The second-order valence-electron chi connectivity index (χ2n) is 6.03. The minimum absolute atomic E-state index is 0.0112. The van der Waals surface area contributed by atoms with Crippen molar-refractivity contribution in [3.8, 4) is 5.75 Å². The molecule has 0 bridgehead atoms.